The van der Waals surface area contributed by atoms with Crippen LogP contribution in [0.25, 0.3) is 0 Å². The summed E-state index contributed by atoms with van der Waals surface area (Å²) in [5.41, 5.74) is 5.52. The fourth-order valence-electron chi connectivity index (χ4n) is 3.58. The van der Waals surface area contributed by atoms with Gasteiger partial charge in [0.1, 0.15) is 5.69 Å². The van der Waals surface area contributed by atoms with Crippen LogP contribution >= 0.6 is 0 Å². The van der Waals surface area contributed by atoms with Gasteiger partial charge in [-0.15, -0.1) is 0 Å². The van der Waals surface area contributed by atoms with Crippen LogP contribution in [0.5, 0.6) is 0 Å². The summed E-state index contributed by atoms with van der Waals surface area (Å²) in [6.45, 7) is 9.24. The summed E-state index contributed by atoms with van der Waals surface area (Å²) < 4.78 is 0. The molecule has 2 aromatic rings. The zero-order valence-corrected chi connectivity index (χ0v) is 15.9. The minimum atomic E-state index is -0.856. The van der Waals surface area contributed by atoms with E-state index in [0.717, 1.165) is 5.56 Å². The second kappa shape index (κ2) is 6.61. The monoisotopic (exact) mass is 347 g/mol. The lowest BCUT2D eigenvalue weighted by Gasteiger charge is -2.41. The summed E-state index contributed by atoms with van der Waals surface area (Å²) >= 11 is 0. The highest BCUT2D eigenvalue weighted by molar-refractivity contribution is 5.70. The molecule has 0 spiro atoms. The molecule has 1 aliphatic rings. The predicted octanol–water partition coefficient (Wildman–Crippen LogP) is 4.46. The second-order valence-corrected chi connectivity index (χ2v) is 8.40. The van der Waals surface area contributed by atoms with Crippen LogP contribution in [0.2, 0.25) is 0 Å². The first-order valence-electron chi connectivity index (χ1n) is 9.01. The van der Waals surface area contributed by atoms with Gasteiger partial charge in [-0.25, -0.2) is 4.98 Å². The van der Waals surface area contributed by atoms with Gasteiger partial charge in [-0.2, -0.15) is 0 Å². The lowest BCUT2D eigenvalue weighted by molar-refractivity contribution is -0.136. The van der Waals surface area contributed by atoms with Crippen molar-refractivity contribution in [2.75, 3.05) is 0 Å². The van der Waals surface area contributed by atoms with Gasteiger partial charge in [0.15, 0.2) is 0 Å². The van der Waals surface area contributed by atoms with E-state index in [1.807, 2.05) is 0 Å². The van der Waals surface area contributed by atoms with Gasteiger partial charge < -0.3 is 5.11 Å². The first-order chi connectivity index (χ1) is 12.2. The van der Waals surface area contributed by atoms with Crippen LogP contribution in [0, 0.1) is 11.8 Å². The van der Waals surface area contributed by atoms with Gasteiger partial charge in [-0.3, -0.25) is 4.79 Å². The van der Waals surface area contributed by atoms with E-state index in [1.165, 1.54) is 24.0 Å². The third kappa shape index (κ3) is 3.80. The van der Waals surface area contributed by atoms with Crippen LogP contribution < -0.4 is 0 Å². The molecule has 0 radical (unpaired) electrons. The molecule has 1 heterocycles. The summed E-state index contributed by atoms with van der Waals surface area (Å²) in [6.07, 6.45) is 3.94. The Hall–Kier alpha value is -2.60. The second-order valence-electron chi connectivity index (χ2n) is 8.40. The standard InChI is InChI=1S/C23H25NO2/c1-22(2)11-12-23(3,4)20-13-16(7-10-19(20)22)5-8-18-9-6-17(15-24-18)14-21(25)26/h6-7,9-10,13,15H,11-12,14H2,1-4H3,(H,25,26). The third-order valence-electron chi connectivity index (χ3n) is 5.37. The number of nitrogens with zero attached hydrogens (tertiary/aromatic N) is 1. The molecular formula is C23H25NO2. The zero-order chi connectivity index (χ0) is 18.9. The van der Waals surface area contributed by atoms with Crippen LogP contribution in [-0.4, -0.2) is 16.1 Å². The van der Waals surface area contributed by atoms with Crippen molar-refractivity contribution >= 4 is 5.97 Å². The van der Waals surface area contributed by atoms with E-state index >= 15 is 0 Å². The van der Waals surface area contributed by atoms with Crippen molar-refractivity contribution in [2.24, 2.45) is 0 Å². The van der Waals surface area contributed by atoms with Gasteiger partial charge in [-0.1, -0.05) is 45.7 Å². The Bertz CT molecular complexity index is 896. The van der Waals surface area contributed by atoms with E-state index in [-0.39, 0.29) is 17.3 Å². The van der Waals surface area contributed by atoms with Gasteiger partial charge >= 0.3 is 5.97 Å². The molecule has 3 heteroatoms. The molecule has 0 fully saturated rings. The van der Waals surface area contributed by atoms with Crippen molar-refractivity contribution in [3.8, 4) is 11.8 Å². The number of carbonyl (C=O) groups is 1. The van der Waals surface area contributed by atoms with Crippen LogP contribution in [0.4, 0.5) is 0 Å². The number of pyridine rings is 1. The zero-order valence-electron chi connectivity index (χ0n) is 15.9. The smallest absolute Gasteiger partial charge is 0.307 e. The Labute approximate surface area is 155 Å². The molecule has 3 nitrogen and oxygen atoms in total. The van der Waals surface area contributed by atoms with Crippen molar-refractivity contribution in [1.82, 2.24) is 4.98 Å². The molecule has 26 heavy (non-hydrogen) atoms. The number of hydrogen-bond donors (Lipinski definition) is 1. The first-order valence-corrected chi connectivity index (χ1v) is 9.01. The van der Waals surface area contributed by atoms with Crippen molar-refractivity contribution in [3.05, 3.63) is 64.5 Å². The van der Waals surface area contributed by atoms with E-state index in [9.17, 15) is 4.79 Å². The molecule has 0 saturated heterocycles. The molecule has 1 aromatic heterocycles. The highest BCUT2D eigenvalue weighted by atomic mass is 16.4. The fraction of sp³-hybridized carbons (Fsp3) is 0.391. The molecule has 0 aliphatic heterocycles. The Balaban J connectivity index is 1.88. The Kier molecular flexibility index (Phi) is 4.63. The van der Waals surface area contributed by atoms with Crippen molar-refractivity contribution in [1.29, 1.82) is 0 Å². The number of aliphatic carboxylic acids is 1. The van der Waals surface area contributed by atoms with Gasteiger partial charge in [0, 0.05) is 11.8 Å². The average Bonchev–Trinajstić information content (AvgIpc) is 2.58. The minimum absolute atomic E-state index is 0.0175. The molecule has 134 valence electrons. The molecule has 0 bridgehead atoms. The van der Waals surface area contributed by atoms with Crippen molar-refractivity contribution in [3.63, 3.8) is 0 Å². The summed E-state index contributed by atoms with van der Waals surface area (Å²) in [6, 6.07) is 10.1. The van der Waals surface area contributed by atoms with E-state index < -0.39 is 5.97 Å². The summed E-state index contributed by atoms with van der Waals surface area (Å²) in [4.78, 5) is 15.0. The Morgan fingerprint density at radius 2 is 1.73 bits per heavy atom. The van der Waals surface area contributed by atoms with Crippen LogP contribution in [-0.2, 0) is 22.0 Å². The van der Waals surface area contributed by atoms with Crippen molar-refractivity contribution in [2.45, 2.75) is 57.8 Å². The summed E-state index contributed by atoms with van der Waals surface area (Å²) in [7, 11) is 0. The van der Waals surface area contributed by atoms with E-state index in [0.29, 0.717) is 11.3 Å². The maximum absolute atomic E-state index is 10.7. The minimum Gasteiger partial charge on any atom is -0.481 e. The molecule has 0 amide bonds. The molecule has 3 rings (SSSR count). The van der Waals surface area contributed by atoms with Crippen LogP contribution in [0.3, 0.4) is 0 Å². The van der Waals surface area contributed by atoms with E-state index in [2.05, 4.69) is 62.7 Å². The number of rotatable bonds is 2. The SMILES string of the molecule is CC1(C)CCC(C)(C)c2cc(C#Cc3ccc(CC(=O)O)cn3)ccc21. The van der Waals surface area contributed by atoms with Crippen LogP contribution in [0.1, 0.15) is 68.5 Å². The average molecular weight is 347 g/mol. The maximum Gasteiger partial charge on any atom is 0.307 e. The fourth-order valence-corrected chi connectivity index (χ4v) is 3.58. The number of hydrogen-bond acceptors (Lipinski definition) is 2. The largest absolute Gasteiger partial charge is 0.481 e. The quantitative estimate of drug-likeness (QED) is 0.816. The number of aromatic nitrogens is 1. The molecule has 0 saturated carbocycles. The van der Waals surface area contributed by atoms with E-state index in [4.69, 9.17) is 5.11 Å². The molecule has 1 aromatic carbocycles. The Morgan fingerprint density at radius 1 is 1.04 bits per heavy atom. The van der Waals surface area contributed by atoms with Gasteiger partial charge in [0.25, 0.3) is 0 Å². The highest BCUT2D eigenvalue weighted by Gasteiger charge is 2.36. The topological polar surface area (TPSA) is 50.2 Å². The van der Waals surface area contributed by atoms with E-state index in [1.54, 1.807) is 18.3 Å². The molecular weight excluding hydrogens is 322 g/mol. The highest BCUT2D eigenvalue weighted by Crippen LogP contribution is 2.45. The van der Waals surface area contributed by atoms with Crippen molar-refractivity contribution < 1.29 is 9.90 Å². The molecule has 1 aliphatic carbocycles. The first kappa shape index (κ1) is 18.2. The molecule has 0 unspecified atom stereocenters. The van der Waals surface area contributed by atoms with Gasteiger partial charge in [0.2, 0.25) is 0 Å². The number of carboxylic acids is 1. The normalized spacial score (nSPS) is 16.9. The summed E-state index contributed by atoms with van der Waals surface area (Å²) in [5, 5.41) is 8.81. The molecule has 1 N–H and O–H groups in total. The summed E-state index contributed by atoms with van der Waals surface area (Å²) in [5.74, 6) is 5.44. The number of carboxylic acid groups (broad SMARTS) is 1. The molecule has 0 atom stereocenters. The number of benzene rings is 1. The lowest BCUT2D eigenvalue weighted by atomic mass is 9.63. The number of fused-ring (bicyclic) bond motifs is 1. The van der Waals surface area contributed by atoms with Crippen LogP contribution in [0.15, 0.2) is 36.5 Å². The third-order valence-corrected chi connectivity index (χ3v) is 5.37. The Morgan fingerprint density at radius 3 is 2.35 bits per heavy atom. The maximum atomic E-state index is 10.7. The lowest BCUT2D eigenvalue weighted by Crippen LogP contribution is -2.33. The van der Waals surface area contributed by atoms with Gasteiger partial charge in [0.05, 0.1) is 6.42 Å². The predicted molar refractivity (Wildman–Crippen MR) is 103 cm³/mol. The van der Waals surface area contributed by atoms with Gasteiger partial charge in [-0.05, 0) is 64.5 Å².